The standard InChI is InChI=1S/C14H14BrN3/c1-16-14-12(15)8-17-13(18-14)11-4-2-3-10(7-11)9-5-6-9/h2-4,7-9H,5-6H2,1H3,(H,16,17,18). The number of rotatable bonds is 3. The van der Waals surface area contributed by atoms with E-state index in [1.54, 1.807) is 6.20 Å². The molecule has 1 aromatic carbocycles. The highest BCUT2D eigenvalue weighted by Crippen LogP contribution is 2.40. The van der Waals surface area contributed by atoms with Gasteiger partial charge < -0.3 is 5.32 Å². The molecule has 3 rings (SSSR count). The van der Waals surface area contributed by atoms with E-state index in [-0.39, 0.29) is 0 Å². The lowest BCUT2D eigenvalue weighted by Crippen LogP contribution is -1.97. The molecule has 0 spiro atoms. The Morgan fingerprint density at radius 1 is 1.33 bits per heavy atom. The largest absolute Gasteiger partial charge is 0.372 e. The average molecular weight is 304 g/mol. The van der Waals surface area contributed by atoms with Crippen molar-refractivity contribution < 1.29 is 0 Å². The molecule has 1 heterocycles. The molecule has 2 aromatic rings. The van der Waals surface area contributed by atoms with Gasteiger partial charge in [-0.15, -0.1) is 0 Å². The van der Waals surface area contributed by atoms with Gasteiger partial charge in [-0.1, -0.05) is 18.2 Å². The Kier molecular flexibility index (Phi) is 3.04. The van der Waals surface area contributed by atoms with E-state index >= 15 is 0 Å². The maximum absolute atomic E-state index is 4.51. The number of hydrogen-bond acceptors (Lipinski definition) is 3. The smallest absolute Gasteiger partial charge is 0.161 e. The average Bonchev–Trinajstić information content (AvgIpc) is 3.24. The second-order valence-electron chi connectivity index (χ2n) is 4.54. The van der Waals surface area contributed by atoms with Gasteiger partial charge in [0.25, 0.3) is 0 Å². The summed E-state index contributed by atoms with van der Waals surface area (Å²) in [5.74, 6) is 2.34. The van der Waals surface area contributed by atoms with E-state index in [0.29, 0.717) is 0 Å². The van der Waals surface area contributed by atoms with E-state index in [0.717, 1.165) is 27.6 Å². The van der Waals surface area contributed by atoms with Crippen LogP contribution in [0.1, 0.15) is 24.3 Å². The molecular weight excluding hydrogens is 290 g/mol. The van der Waals surface area contributed by atoms with E-state index in [9.17, 15) is 0 Å². The molecule has 1 N–H and O–H groups in total. The molecule has 18 heavy (non-hydrogen) atoms. The molecule has 0 aliphatic heterocycles. The third-order valence-corrected chi connectivity index (χ3v) is 3.75. The molecule has 0 amide bonds. The first-order chi connectivity index (χ1) is 8.78. The molecule has 4 heteroatoms. The van der Waals surface area contributed by atoms with E-state index in [2.05, 4.69) is 55.5 Å². The van der Waals surface area contributed by atoms with Crippen LogP contribution in [-0.2, 0) is 0 Å². The summed E-state index contributed by atoms with van der Waals surface area (Å²) >= 11 is 3.42. The van der Waals surface area contributed by atoms with Crippen LogP contribution in [0.25, 0.3) is 11.4 Å². The lowest BCUT2D eigenvalue weighted by molar-refractivity contribution is 1.11. The van der Waals surface area contributed by atoms with Gasteiger partial charge in [0.2, 0.25) is 0 Å². The maximum Gasteiger partial charge on any atom is 0.161 e. The third kappa shape index (κ3) is 2.25. The molecule has 1 aromatic heterocycles. The Balaban J connectivity index is 2.00. The highest BCUT2D eigenvalue weighted by Gasteiger charge is 2.23. The summed E-state index contributed by atoms with van der Waals surface area (Å²) in [6.45, 7) is 0. The van der Waals surface area contributed by atoms with Gasteiger partial charge in [-0.2, -0.15) is 0 Å². The van der Waals surface area contributed by atoms with Crippen molar-refractivity contribution in [1.29, 1.82) is 0 Å². The first-order valence-corrected chi connectivity index (χ1v) is 6.88. The zero-order valence-electron chi connectivity index (χ0n) is 10.2. The topological polar surface area (TPSA) is 37.8 Å². The first kappa shape index (κ1) is 11.7. The van der Waals surface area contributed by atoms with Crippen LogP contribution in [0.3, 0.4) is 0 Å². The molecule has 1 aliphatic rings. The fraction of sp³-hybridized carbons (Fsp3) is 0.286. The summed E-state index contributed by atoms with van der Waals surface area (Å²) in [5, 5.41) is 3.06. The zero-order chi connectivity index (χ0) is 12.5. The summed E-state index contributed by atoms with van der Waals surface area (Å²) in [5.41, 5.74) is 2.49. The van der Waals surface area contributed by atoms with E-state index < -0.39 is 0 Å². The Hall–Kier alpha value is -1.42. The fourth-order valence-electron chi connectivity index (χ4n) is 2.03. The summed E-state index contributed by atoms with van der Waals surface area (Å²) in [6.07, 6.45) is 4.41. The van der Waals surface area contributed by atoms with Crippen molar-refractivity contribution in [1.82, 2.24) is 9.97 Å². The van der Waals surface area contributed by atoms with Crippen LogP contribution >= 0.6 is 15.9 Å². The predicted molar refractivity (Wildman–Crippen MR) is 76.7 cm³/mol. The Morgan fingerprint density at radius 3 is 2.89 bits per heavy atom. The lowest BCUT2D eigenvalue weighted by atomic mass is 10.1. The SMILES string of the molecule is CNc1nc(-c2cccc(C3CC3)c2)ncc1Br. The van der Waals surface area contributed by atoms with Crippen LogP contribution in [0.4, 0.5) is 5.82 Å². The fourth-order valence-corrected chi connectivity index (χ4v) is 2.42. The number of aromatic nitrogens is 2. The normalized spacial score (nSPS) is 14.6. The number of halogens is 1. The Bertz CT molecular complexity index is 579. The molecular formula is C14H14BrN3. The quantitative estimate of drug-likeness (QED) is 0.936. The van der Waals surface area contributed by atoms with E-state index in [1.165, 1.54) is 18.4 Å². The molecule has 1 fully saturated rings. The number of anilines is 1. The second-order valence-corrected chi connectivity index (χ2v) is 5.39. The van der Waals surface area contributed by atoms with Crippen molar-refractivity contribution in [2.24, 2.45) is 0 Å². The summed E-state index contributed by atoms with van der Waals surface area (Å²) in [7, 11) is 1.86. The molecule has 0 bridgehead atoms. The minimum Gasteiger partial charge on any atom is -0.372 e. The first-order valence-electron chi connectivity index (χ1n) is 6.08. The number of nitrogens with zero attached hydrogens (tertiary/aromatic N) is 2. The third-order valence-electron chi connectivity index (χ3n) is 3.17. The van der Waals surface area contributed by atoms with Crippen molar-refractivity contribution in [2.75, 3.05) is 12.4 Å². The van der Waals surface area contributed by atoms with Crippen LogP contribution in [0.2, 0.25) is 0 Å². The highest BCUT2D eigenvalue weighted by atomic mass is 79.9. The lowest BCUT2D eigenvalue weighted by Gasteiger charge is -2.06. The van der Waals surface area contributed by atoms with Gasteiger partial charge in [-0.05, 0) is 46.3 Å². The van der Waals surface area contributed by atoms with Crippen LogP contribution in [-0.4, -0.2) is 17.0 Å². The predicted octanol–water partition coefficient (Wildman–Crippen LogP) is 3.83. The van der Waals surface area contributed by atoms with Gasteiger partial charge in [0.15, 0.2) is 5.82 Å². The van der Waals surface area contributed by atoms with Crippen molar-refractivity contribution in [3.05, 3.63) is 40.5 Å². The summed E-state index contributed by atoms with van der Waals surface area (Å²) in [4.78, 5) is 8.89. The number of benzene rings is 1. The van der Waals surface area contributed by atoms with Gasteiger partial charge >= 0.3 is 0 Å². The summed E-state index contributed by atoms with van der Waals surface area (Å²) < 4.78 is 0.882. The van der Waals surface area contributed by atoms with Gasteiger partial charge in [0.05, 0.1) is 4.47 Å². The van der Waals surface area contributed by atoms with Gasteiger partial charge in [-0.25, -0.2) is 9.97 Å². The maximum atomic E-state index is 4.51. The Labute approximate surface area is 115 Å². The highest BCUT2D eigenvalue weighted by molar-refractivity contribution is 9.10. The van der Waals surface area contributed by atoms with E-state index in [4.69, 9.17) is 0 Å². The zero-order valence-corrected chi connectivity index (χ0v) is 11.7. The minimum absolute atomic E-state index is 0.754. The van der Waals surface area contributed by atoms with Gasteiger partial charge in [0, 0.05) is 18.8 Å². The monoisotopic (exact) mass is 303 g/mol. The van der Waals surface area contributed by atoms with Crippen molar-refractivity contribution in [3.8, 4) is 11.4 Å². The molecule has 0 atom stereocenters. The molecule has 92 valence electrons. The van der Waals surface area contributed by atoms with Crippen LogP contribution in [0, 0.1) is 0 Å². The molecule has 0 radical (unpaired) electrons. The van der Waals surface area contributed by atoms with Crippen molar-refractivity contribution in [3.63, 3.8) is 0 Å². The second kappa shape index (κ2) is 4.69. The van der Waals surface area contributed by atoms with Crippen LogP contribution < -0.4 is 5.32 Å². The summed E-state index contributed by atoms with van der Waals surface area (Å²) in [6, 6.07) is 8.56. The van der Waals surface area contributed by atoms with Gasteiger partial charge in [0.1, 0.15) is 5.82 Å². The van der Waals surface area contributed by atoms with Crippen LogP contribution in [0.5, 0.6) is 0 Å². The minimum atomic E-state index is 0.754. The molecule has 0 unspecified atom stereocenters. The molecule has 3 nitrogen and oxygen atoms in total. The van der Waals surface area contributed by atoms with Crippen LogP contribution in [0.15, 0.2) is 34.9 Å². The van der Waals surface area contributed by atoms with Gasteiger partial charge in [-0.3, -0.25) is 0 Å². The number of hydrogen-bond donors (Lipinski definition) is 1. The molecule has 1 aliphatic carbocycles. The molecule has 1 saturated carbocycles. The Morgan fingerprint density at radius 2 is 2.17 bits per heavy atom. The van der Waals surface area contributed by atoms with E-state index in [1.807, 2.05) is 7.05 Å². The number of nitrogens with one attached hydrogen (secondary N) is 1. The van der Waals surface area contributed by atoms with Crippen molar-refractivity contribution in [2.45, 2.75) is 18.8 Å². The molecule has 0 saturated heterocycles. The van der Waals surface area contributed by atoms with Crippen molar-refractivity contribution >= 4 is 21.7 Å².